The maximum absolute atomic E-state index is 15.4. The molecule has 8 aromatic rings. The van der Waals surface area contributed by atoms with Crippen molar-refractivity contribution in [1.82, 2.24) is 0 Å². The normalized spacial score (nSPS) is 11.7. The summed E-state index contributed by atoms with van der Waals surface area (Å²) in [6.07, 6.45) is -6.68. The third-order valence-corrected chi connectivity index (χ3v) is 16.5. The number of benzene rings is 8. The highest BCUT2D eigenvalue weighted by Crippen LogP contribution is 2.55. The Kier molecular flexibility index (Phi) is 16.4. The van der Waals surface area contributed by atoms with Crippen molar-refractivity contribution in [2.45, 2.75) is 20.0 Å². The number of Topliss-reactive ketones (excluding diaryl/α,β-unsaturated/α-hetero) is 1. The van der Waals surface area contributed by atoms with Gasteiger partial charge in [0.05, 0.1) is 6.10 Å². The maximum atomic E-state index is 15.4. The number of ketones is 1. The second-order valence-corrected chi connectivity index (χ2v) is 20.4. The zero-order chi connectivity index (χ0) is 56.7. The minimum atomic E-state index is -7.22. The molecule has 0 fully saturated rings. The van der Waals surface area contributed by atoms with Crippen LogP contribution in [0.2, 0.25) is 0 Å². The molecule has 0 unspecified atom stereocenters. The highest BCUT2D eigenvalue weighted by atomic mass is 31.2. The number of halogens is 20. The Hall–Kier alpha value is -7.68. The van der Waals surface area contributed by atoms with E-state index in [0.29, 0.717) is 11.7 Å². The zero-order valence-electron chi connectivity index (χ0n) is 38.7. The van der Waals surface area contributed by atoms with Gasteiger partial charge < -0.3 is 4.74 Å². The molecule has 8 aromatic carbocycles. The first kappa shape index (κ1) is 57.0. The van der Waals surface area contributed by atoms with Gasteiger partial charge in [-0.3, -0.25) is 4.79 Å². The van der Waals surface area contributed by atoms with Gasteiger partial charge in [-0.05, 0) is 74.5 Å². The SMILES string of the molecule is CC(C)Oc1ccc(C(=O)C[P+](c2ccccc2)(c2ccccc2)c2ccccc2)cc1.Fc1c(F)c(F)c([B-](c2c(F)c(F)c(F)c(F)c2F)(c2c(F)c(F)c(F)c(F)c2F)c2c(F)c(F)c(F)c(F)c2F)c(F)c1F. The van der Waals surface area contributed by atoms with Crippen LogP contribution in [0.1, 0.15) is 24.2 Å². The summed E-state index contributed by atoms with van der Waals surface area (Å²) in [6.45, 7) is 3.99. The molecule has 400 valence electrons. The smallest absolute Gasteiger partial charge is 0.201 e. The molecule has 2 nitrogen and oxygen atoms in total. The van der Waals surface area contributed by atoms with Gasteiger partial charge in [0.1, 0.15) is 87.8 Å². The summed E-state index contributed by atoms with van der Waals surface area (Å²) in [5.41, 5.74) is -13.6. The molecule has 0 aromatic heterocycles. The fraction of sp³-hybridized carbons (Fsp3) is 0.0755. The van der Waals surface area contributed by atoms with Gasteiger partial charge in [-0.25, -0.2) is 87.8 Å². The van der Waals surface area contributed by atoms with Crippen LogP contribution < -0.4 is 42.5 Å². The Bertz CT molecular complexity index is 3090. The van der Waals surface area contributed by atoms with Gasteiger partial charge in [0, 0.05) is 5.56 Å². The third kappa shape index (κ3) is 9.56. The van der Waals surface area contributed by atoms with E-state index < -0.39 is 152 Å². The standard InChI is InChI=1S/C29H28O2P.C24BF20/c1-23(2)31-25-20-18-24(19-21-25)29(30)22-32(26-12-6-3-7-13-26,27-14-8-4-9-15-27)28-16-10-5-11-17-28;26-5-1(6(27)14(35)21(42)13(5)34)25(2-7(28)15(36)22(43)16(37)8(2)29,3-9(30)17(38)23(44)18(39)10(3)31)4-11(32)19(40)24(45)20(41)12(4)33/h3-21,23H,22H2,1-2H3;/q+1;-1. The zero-order valence-corrected chi connectivity index (χ0v) is 39.5. The molecule has 0 aliphatic heterocycles. The van der Waals surface area contributed by atoms with E-state index in [-0.39, 0.29) is 11.9 Å². The quantitative estimate of drug-likeness (QED) is 0.0304. The molecule has 0 spiro atoms. The lowest BCUT2D eigenvalue weighted by Gasteiger charge is -2.44. The Labute approximate surface area is 422 Å². The van der Waals surface area contributed by atoms with Crippen LogP contribution in [0.5, 0.6) is 5.75 Å². The Morgan fingerprint density at radius 3 is 0.792 bits per heavy atom. The van der Waals surface area contributed by atoms with E-state index in [2.05, 4.69) is 72.8 Å². The average molecular weight is 1120 g/mol. The number of carbonyl (C=O) groups is 1. The molecule has 0 radical (unpaired) electrons. The van der Waals surface area contributed by atoms with Gasteiger partial charge in [-0.15, -0.1) is 21.9 Å². The van der Waals surface area contributed by atoms with Gasteiger partial charge >= 0.3 is 0 Å². The molecule has 0 atom stereocenters. The summed E-state index contributed by atoms with van der Waals surface area (Å²) < 4.78 is 300. The Balaban J connectivity index is 0.000000236. The molecular weight excluding hydrogens is 1090 g/mol. The van der Waals surface area contributed by atoms with Crippen LogP contribution in [-0.2, 0) is 0 Å². The maximum Gasteiger partial charge on any atom is 0.201 e. The second kappa shape index (κ2) is 22.1. The van der Waals surface area contributed by atoms with Crippen LogP contribution in [0.25, 0.3) is 0 Å². The van der Waals surface area contributed by atoms with Gasteiger partial charge in [0.25, 0.3) is 0 Å². The van der Waals surface area contributed by atoms with Gasteiger partial charge in [-0.2, -0.15) is 0 Å². The van der Waals surface area contributed by atoms with Crippen LogP contribution in [0.15, 0.2) is 115 Å². The van der Waals surface area contributed by atoms with E-state index in [0.717, 1.165) is 5.75 Å². The van der Waals surface area contributed by atoms with E-state index >= 15 is 35.1 Å². The summed E-state index contributed by atoms with van der Waals surface area (Å²) in [5.74, 6) is -70.5. The number of hydrogen-bond donors (Lipinski definition) is 0. The number of carbonyl (C=O) groups excluding carboxylic acids is 1. The van der Waals surface area contributed by atoms with Crippen molar-refractivity contribution in [1.29, 1.82) is 0 Å². The first-order chi connectivity index (χ1) is 36.3. The highest BCUT2D eigenvalue weighted by molar-refractivity contribution is 7.96. The molecule has 77 heavy (non-hydrogen) atoms. The van der Waals surface area contributed by atoms with Crippen molar-refractivity contribution in [3.05, 3.63) is 237 Å². The lowest BCUT2D eigenvalue weighted by molar-refractivity contribution is 0.102. The summed E-state index contributed by atoms with van der Waals surface area (Å²) in [5, 5.41) is 3.64. The molecular formula is C53H28BF20O2P. The van der Waals surface area contributed by atoms with E-state index in [1.165, 1.54) is 15.9 Å². The van der Waals surface area contributed by atoms with E-state index in [1.54, 1.807) is 0 Å². The van der Waals surface area contributed by atoms with Gasteiger partial charge in [0.2, 0.25) is 5.78 Å². The Morgan fingerprint density at radius 1 is 0.351 bits per heavy atom. The van der Waals surface area contributed by atoms with Crippen molar-refractivity contribution >= 4 is 57.0 Å². The molecule has 8 rings (SSSR count). The fourth-order valence-corrected chi connectivity index (χ4v) is 13.0. The average Bonchev–Trinajstić information content (AvgIpc) is 3.60. The van der Waals surface area contributed by atoms with Crippen molar-refractivity contribution in [2.24, 2.45) is 0 Å². The van der Waals surface area contributed by atoms with E-state index in [9.17, 15) is 57.5 Å². The summed E-state index contributed by atoms with van der Waals surface area (Å²) >= 11 is 0. The summed E-state index contributed by atoms with van der Waals surface area (Å²) in [7, 11) is -2.19. The van der Waals surface area contributed by atoms with Gasteiger partial charge in [-0.1, -0.05) is 54.6 Å². The largest absolute Gasteiger partial charge is 0.491 e. The minimum absolute atomic E-state index is 0.101. The summed E-state index contributed by atoms with van der Waals surface area (Å²) in [6, 6.07) is 39.1. The molecule has 0 amide bonds. The van der Waals surface area contributed by atoms with Crippen LogP contribution in [0.3, 0.4) is 0 Å². The van der Waals surface area contributed by atoms with Crippen molar-refractivity contribution < 1.29 is 97.3 Å². The first-order valence-corrected chi connectivity index (χ1v) is 23.9. The Morgan fingerprint density at radius 2 is 0.571 bits per heavy atom. The predicted molar refractivity (Wildman–Crippen MR) is 246 cm³/mol. The number of rotatable bonds is 12. The topological polar surface area (TPSA) is 26.3 Å². The molecule has 0 heterocycles. The van der Waals surface area contributed by atoms with Crippen LogP contribution in [0.4, 0.5) is 87.8 Å². The van der Waals surface area contributed by atoms with Crippen LogP contribution in [-0.4, -0.2) is 24.2 Å². The monoisotopic (exact) mass is 1120 g/mol. The molecule has 0 aliphatic rings. The third-order valence-electron chi connectivity index (χ3n) is 12.2. The molecule has 0 saturated heterocycles. The van der Waals surface area contributed by atoms with E-state index in [1.807, 2.05) is 56.3 Å². The molecule has 0 aliphatic carbocycles. The van der Waals surface area contributed by atoms with Crippen molar-refractivity contribution in [3.8, 4) is 5.75 Å². The molecule has 24 heteroatoms. The molecule has 0 N–H and O–H groups in total. The minimum Gasteiger partial charge on any atom is -0.491 e. The van der Waals surface area contributed by atoms with Crippen molar-refractivity contribution in [2.75, 3.05) is 6.16 Å². The predicted octanol–water partition coefficient (Wildman–Crippen LogP) is 11.5. The fourth-order valence-electron chi connectivity index (χ4n) is 8.94. The summed E-state index contributed by atoms with van der Waals surface area (Å²) in [4.78, 5) is 13.7. The van der Waals surface area contributed by atoms with E-state index in [4.69, 9.17) is 4.74 Å². The van der Waals surface area contributed by atoms with Gasteiger partial charge in [0.15, 0.2) is 69.8 Å². The highest BCUT2D eigenvalue weighted by Gasteiger charge is 2.53. The molecule has 0 bridgehead atoms. The lowest BCUT2D eigenvalue weighted by atomic mass is 9.12. The lowest BCUT2D eigenvalue weighted by Crippen LogP contribution is -2.81. The van der Waals surface area contributed by atoms with Crippen LogP contribution in [0, 0.1) is 116 Å². The van der Waals surface area contributed by atoms with Crippen LogP contribution >= 0.6 is 7.26 Å². The number of hydrogen-bond acceptors (Lipinski definition) is 2. The molecule has 0 saturated carbocycles. The number of ether oxygens (including phenoxy) is 1. The van der Waals surface area contributed by atoms with Crippen molar-refractivity contribution in [3.63, 3.8) is 0 Å². The first-order valence-electron chi connectivity index (χ1n) is 21.9. The second-order valence-electron chi connectivity index (χ2n) is 16.9.